The molecule has 0 aromatic rings. The van der Waals surface area contributed by atoms with Crippen LogP contribution in [0.5, 0.6) is 0 Å². The van der Waals surface area contributed by atoms with Crippen LogP contribution in [0.1, 0.15) is 440 Å². The Bertz CT molecular complexity index is 2000. The molecule has 0 fully saturated rings. The van der Waals surface area contributed by atoms with Crippen molar-refractivity contribution in [1.82, 2.24) is 0 Å². The lowest BCUT2D eigenvalue weighted by atomic mass is 9.99. The Labute approximate surface area is 632 Å². The topological polar surface area (TPSA) is 237 Å². The molecule has 612 valence electrons. The van der Waals surface area contributed by atoms with E-state index in [9.17, 15) is 43.2 Å². The van der Waals surface area contributed by atoms with Crippen molar-refractivity contribution in [2.45, 2.75) is 458 Å². The lowest BCUT2D eigenvalue weighted by Crippen LogP contribution is -2.30. The average molecular weight is 1510 g/mol. The van der Waals surface area contributed by atoms with Crippen LogP contribution in [0, 0.1) is 17.8 Å². The Morgan fingerprint density at radius 2 is 0.495 bits per heavy atom. The van der Waals surface area contributed by atoms with Gasteiger partial charge in [0.15, 0.2) is 12.2 Å². The van der Waals surface area contributed by atoms with Crippen molar-refractivity contribution < 1.29 is 80.2 Å². The Balaban J connectivity index is 5.24. The zero-order chi connectivity index (χ0) is 75.8. The predicted molar refractivity (Wildman–Crippen MR) is 423 cm³/mol. The van der Waals surface area contributed by atoms with E-state index in [4.69, 9.17) is 37.0 Å². The number of esters is 4. The van der Waals surface area contributed by atoms with Gasteiger partial charge in [0.25, 0.3) is 0 Å². The van der Waals surface area contributed by atoms with E-state index in [1.165, 1.54) is 250 Å². The fourth-order valence-corrected chi connectivity index (χ4v) is 14.5. The molecule has 0 saturated heterocycles. The van der Waals surface area contributed by atoms with Gasteiger partial charge in [-0.05, 0) is 43.4 Å². The highest BCUT2D eigenvalue weighted by atomic mass is 31.2. The summed E-state index contributed by atoms with van der Waals surface area (Å²) in [5, 5.41) is 10.7. The van der Waals surface area contributed by atoms with Gasteiger partial charge in [0.2, 0.25) is 0 Å². The molecule has 0 amide bonds. The van der Waals surface area contributed by atoms with Crippen LogP contribution in [-0.4, -0.2) is 96.7 Å². The molecular weight excluding hydrogens is 1340 g/mol. The number of hydrogen-bond acceptors (Lipinski definition) is 15. The third-order valence-corrected chi connectivity index (χ3v) is 22.3. The standard InChI is InChI=1S/C84H164O17P2/c1-8-11-12-13-14-15-16-17-18-19-20-21-22-27-30-33-36-46-53-60-67-83(88)100-79(71-94-81(86)65-58-51-44-35-32-29-26-24-23-25-28-31-34-41-48-55-62-75(4)5)73-98-102(90,91)96-69-78(85)70-97-103(92,93)99-74-80(101-84(89)68-61-54-47-40-38-43-50-57-64-77(7)10-3)72-95-82(87)66-59-52-45-39-37-42-49-56-63-76(6)9-2/h75-80,85H,8-74H2,1-7H3,(H,90,91)(H,92,93)/t76?,77?,78-,79-,80-/m1/s1. The van der Waals surface area contributed by atoms with Crippen LogP contribution in [0.15, 0.2) is 0 Å². The lowest BCUT2D eigenvalue weighted by molar-refractivity contribution is -0.161. The van der Waals surface area contributed by atoms with Crippen molar-refractivity contribution in [3.05, 3.63) is 0 Å². The van der Waals surface area contributed by atoms with E-state index in [0.29, 0.717) is 25.7 Å². The second-order valence-corrected chi connectivity index (χ2v) is 34.1. The van der Waals surface area contributed by atoms with Crippen molar-refractivity contribution in [3.8, 4) is 0 Å². The minimum absolute atomic E-state index is 0.105. The maximum absolute atomic E-state index is 13.1. The smallest absolute Gasteiger partial charge is 0.462 e. The van der Waals surface area contributed by atoms with E-state index in [1.807, 2.05) is 0 Å². The summed E-state index contributed by atoms with van der Waals surface area (Å²) in [5.74, 6) is 0.250. The first kappa shape index (κ1) is 101. The van der Waals surface area contributed by atoms with Crippen LogP contribution >= 0.6 is 15.6 Å². The summed E-state index contributed by atoms with van der Waals surface area (Å²) in [6.45, 7) is 12.0. The maximum Gasteiger partial charge on any atom is 0.472 e. The van der Waals surface area contributed by atoms with Crippen molar-refractivity contribution in [3.63, 3.8) is 0 Å². The average Bonchev–Trinajstić information content (AvgIpc) is 0.934. The Hall–Kier alpha value is -1.94. The fourth-order valence-electron chi connectivity index (χ4n) is 13.0. The first-order valence-corrected chi connectivity index (χ1v) is 46.4. The molecule has 7 atom stereocenters. The second kappa shape index (κ2) is 74.2. The number of hydrogen-bond donors (Lipinski definition) is 3. The van der Waals surface area contributed by atoms with Gasteiger partial charge in [0.1, 0.15) is 19.3 Å². The van der Waals surface area contributed by atoms with Crippen LogP contribution in [-0.2, 0) is 65.4 Å². The van der Waals surface area contributed by atoms with Crippen molar-refractivity contribution in [1.29, 1.82) is 0 Å². The van der Waals surface area contributed by atoms with Crippen LogP contribution in [0.4, 0.5) is 0 Å². The highest BCUT2D eigenvalue weighted by Gasteiger charge is 2.30. The molecule has 0 aliphatic heterocycles. The minimum atomic E-state index is -4.97. The number of phosphoric acid groups is 2. The van der Waals surface area contributed by atoms with E-state index in [0.717, 1.165) is 108 Å². The van der Waals surface area contributed by atoms with Gasteiger partial charge >= 0.3 is 39.5 Å². The number of rotatable bonds is 82. The molecule has 3 N–H and O–H groups in total. The number of ether oxygens (including phenoxy) is 4. The molecule has 0 bridgehead atoms. The Morgan fingerprint density at radius 1 is 0.282 bits per heavy atom. The fraction of sp³-hybridized carbons (Fsp3) is 0.952. The van der Waals surface area contributed by atoms with Gasteiger partial charge in [-0.3, -0.25) is 37.3 Å². The Morgan fingerprint density at radius 3 is 0.738 bits per heavy atom. The molecular formula is C84H164O17P2. The van der Waals surface area contributed by atoms with E-state index >= 15 is 0 Å². The van der Waals surface area contributed by atoms with Crippen molar-refractivity contribution in [2.75, 3.05) is 39.6 Å². The predicted octanol–water partition coefficient (Wildman–Crippen LogP) is 25.3. The first-order valence-electron chi connectivity index (χ1n) is 43.4. The lowest BCUT2D eigenvalue weighted by Gasteiger charge is -2.21. The molecule has 0 radical (unpaired) electrons. The van der Waals surface area contributed by atoms with Gasteiger partial charge in [-0.15, -0.1) is 0 Å². The minimum Gasteiger partial charge on any atom is -0.462 e. The summed E-state index contributed by atoms with van der Waals surface area (Å²) in [6, 6.07) is 0. The van der Waals surface area contributed by atoms with Gasteiger partial charge in [0, 0.05) is 25.7 Å². The van der Waals surface area contributed by atoms with Crippen molar-refractivity contribution in [2.24, 2.45) is 17.8 Å². The molecule has 19 heteroatoms. The normalized spacial score (nSPS) is 14.4. The molecule has 0 rings (SSSR count). The van der Waals surface area contributed by atoms with Gasteiger partial charge in [-0.25, -0.2) is 9.13 Å². The largest absolute Gasteiger partial charge is 0.472 e. The summed E-state index contributed by atoms with van der Waals surface area (Å²) < 4.78 is 68.8. The number of carbonyl (C=O) groups excluding carboxylic acids is 4. The number of phosphoric ester groups is 2. The summed E-state index contributed by atoms with van der Waals surface area (Å²) >= 11 is 0. The highest BCUT2D eigenvalue weighted by molar-refractivity contribution is 7.47. The zero-order valence-corrected chi connectivity index (χ0v) is 69.6. The van der Waals surface area contributed by atoms with E-state index in [1.54, 1.807) is 0 Å². The van der Waals surface area contributed by atoms with E-state index in [-0.39, 0.29) is 25.7 Å². The highest BCUT2D eigenvalue weighted by Crippen LogP contribution is 2.45. The quantitative estimate of drug-likeness (QED) is 0.0222. The molecule has 103 heavy (non-hydrogen) atoms. The first-order chi connectivity index (χ1) is 49.8. The van der Waals surface area contributed by atoms with Gasteiger partial charge in [0.05, 0.1) is 26.4 Å². The summed E-state index contributed by atoms with van der Waals surface area (Å²) in [5.41, 5.74) is 0. The van der Waals surface area contributed by atoms with Gasteiger partial charge in [-0.2, -0.15) is 0 Å². The molecule has 0 aromatic carbocycles. The molecule has 0 heterocycles. The molecule has 0 spiro atoms. The number of carbonyl (C=O) groups is 4. The maximum atomic E-state index is 13.1. The zero-order valence-electron chi connectivity index (χ0n) is 67.8. The number of aliphatic hydroxyl groups is 1. The molecule has 0 saturated carbocycles. The van der Waals surface area contributed by atoms with Gasteiger partial charge < -0.3 is 33.8 Å². The van der Waals surface area contributed by atoms with E-state index in [2.05, 4.69) is 48.5 Å². The molecule has 0 aliphatic carbocycles. The summed E-state index contributed by atoms with van der Waals surface area (Å²) in [7, 11) is -9.93. The van der Waals surface area contributed by atoms with Crippen LogP contribution < -0.4 is 0 Å². The van der Waals surface area contributed by atoms with Crippen LogP contribution in [0.2, 0.25) is 0 Å². The number of aliphatic hydroxyl groups excluding tert-OH is 1. The molecule has 0 aromatic heterocycles. The molecule has 17 nitrogen and oxygen atoms in total. The summed E-state index contributed by atoms with van der Waals surface area (Å²) in [6.07, 6.45) is 63.8. The second-order valence-electron chi connectivity index (χ2n) is 31.2. The van der Waals surface area contributed by atoms with Crippen LogP contribution in [0.3, 0.4) is 0 Å². The molecule has 4 unspecified atom stereocenters. The monoisotopic (exact) mass is 1510 g/mol. The van der Waals surface area contributed by atoms with Gasteiger partial charge in [-0.1, -0.05) is 389 Å². The third kappa shape index (κ3) is 75.3. The molecule has 0 aliphatic rings. The SMILES string of the molecule is CCCCCCCCCCCCCCCCCCCCCCC(=O)O[C@H](COC(=O)CCCCCCCCCCCCCCCCCCC(C)C)COP(=O)(O)OC[C@@H](O)COP(=O)(O)OC[C@@H](COC(=O)CCCCCCCCCCC(C)CC)OC(=O)CCCCCCCCCCC(C)CC. The van der Waals surface area contributed by atoms with Crippen molar-refractivity contribution >= 4 is 39.5 Å². The van der Waals surface area contributed by atoms with Crippen LogP contribution in [0.25, 0.3) is 0 Å². The van der Waals surface area contributed by atoms with E-state index < -0.39 is 97.5 Å². The Kier molecular flexibility index (Phi) is 72.8. The summed E-state index contributed by atoms with van der Waals surface area (Å²) in [4.78, 5) is 73.1. The third-order valence-electron chi connectivity index (χ3n) is 20.4. The number of unbranched alkanes of at least 4 members (excludes halogenated alkanes) is 48.